The van der Waals surface area contributed by atoms with Crippen LogP contribution in [0.5, 0.6) is 5.75 Å². The Morgan fingerprint density at radius 1 is 1.16 bits per heavy atom. The number of carbonyl (C=O) groups is 1. The van der Waals surface area contributed by atoms with E-state index in [1.807, 2.05) is 61.7 Å². The van der Waals surface area contributed by atoms with Gasteiger partial charge in [0.25, 0.3) is 5.91 Å². The van der Waals surface area contributed by atoms with Crippen molar-refractivity contribution in [1.29, 1.82) is 0 Å². The highest BCUT2D eigenvalue weighted by Gasteiger charge is 2.13. The number of hydrogen-bond donors (Lipinski definition) is 1. The summed E-state index contributed by atoms with van der Waals surface area (Å²) in [6, 6.07) is 15.5. The lowest BCUT2D eigenvalue weighted by atomic mass is 10.1. The fourth-order valence-corrected chi connectivity index (χ4v) is 4.01. The maximum Gasteiger partial charge on any atom is 0.268 e. The van der Waals surface area contributed by atoms with E-state index in [1.54, 1.807) is 11.0 Å². The molecule has 4 aromatic rings. The second-order valence-corrected chi connectivity index (χ2v) is 8.57. The van der Waals surface area contributed by atoms with Gasteiger partial charge in [-0.15, -0.1) is 16.4 Å². The van der Waals surface area contributed by atoms with Crippen molar-refractivity contribution < 1.29 is 9.53 Å². The van der Waals surface area contributed by atoms with Gasteiger partial charge in [-0.3, -0.25) is 10.1 Å². The van der Waals surface area contributed by atoms with Gasteiger partial charge in [0.05, 0.1) is 11.4 Å². The van der Waals surface area contributed by atoms with Crippen molar-refractivity contribution in [3.63, 3.8) is 0 Å². The van der Waals surface area contributed by atoms with E-state index in [1.165, 1.54) is 11.3 Å². The number of hydrogen-bond acceptors (Lipinski definition) is 5. The van der Waals surface area contributed by atoms with E-state index < -0.39 is 0 Å². The second kappa shape index (κ2) is 9.32. The predicted octanol–water partition coefficient (Wildman–Crippen LogP) is 5.49. The van der Waals surface area contributed by atoms with Crippen LogP contribution in [0.3, 0.4) is 0 Å². The lowest BCUT2D eigenvalue weighted by Crippen LogP contribution is -2.12. The van der Waals surface area contributed by atoms with Crippen LogP contribution in [0.2, 0.25) is 5.02 Å². The predicted molar refractivity (Wildman–Crippen MR) is 123 cm³/mol. The van der Waals surface area contributed by atoms with Crippen molar-refractivity contribution >= 4 is 34.8 Å². The standard InChI is InChI=1S/C23H21ClN4O2S/c1-15-6-7-16(2)20(8-15)30-12-18-10-21(31-13-18)22(29)26-23-25-14-28(27-23)11-17-4-3-5-19(24)9-17/h3-10,13-14H,11-12H2,1-2H3,(H,26,27,29). The number of aryl methyl sites for hydroxylation is 2. The molecule has 8 heteroatoms. The summed E-state index contributed by atoms with van der Waals surface area (Å²) in [5, 5.41) is 9.64. The van der Waals surface area contributed by atoms with E-state index in [9.17, 15) is 4.79 Å². The Labute approximate surface area is 189 Å². The minimum Gasteiger partial charge on any atom is -0.489 e. The minimum absolute atomic E-state index is 0.247. The van der Waals surface area contributed by atoms with E-state index in [0.717, 1.165) is 28.0 Å². The highest BCUT2D eigenvalue weighted by atomic mass is 35.5. The summed E-state index contributed by atoms with van der Waals surface area (Å²) in [6.07, 6.45) is 1.58. The van der Waals surface area contributed by atoms with Gasteiger partial charge in [0.15, 0.2) is 0 Å². The van der Waals surface area contributed by atoms with Gasteiger partial charge < -0.3 is 4.74 Å². The van der Waals surface area contributed by atoms with Crippen molar-refractivity contribution in [2.45, 2.75) is 27.0 Å². The van der Waals surface area contributed by atoms with E-state index in [0.29, 0.717) is 23.1 Å². The molecular formula is C23H21ClN4O2S. The van der Waals surface area contributed by atoms with Crippen molar-refractivity contribution in [3.8, 4) is 5.75 Å². The number of nitrogens with one attached hydrogen (secondary N) is 1. The fraction of sp³-hybridized carbons (Fsp3) is 0.174. The molecule has 0 fully saturated rings. The highest BCUT2D eigenvalue weighted by molar-refractivity contribution is 7.12. The minimum atomic E-state index is -0.247. The first-order chi connectivity index (χ1) is 15.0. The van der Waals surface area contributed by atoms with Crippen molar-refractivity contribution in [2.24, 2.45) is 0 Å². The molecular weight excluding hydrogens is 432 g/mol. The Balaban J connectivity index is 1.35. The Bertz CT molecular complexity index is 1220. The number of thiophene rings is 1. The molecule has 158 valence electrons. The maximum absolute atomic E-state index is 12.6. The average Bonchev–Trinajstić information content (AvgIpc) is 3.38. The largest absolute Gasteiger partial charge is 0.489 e. The lowest BCUT2D eigenvalue weighted by molar-refractivity contribution is 0.102. The third kappa shape index (κ3) is 5.51. The molecule has 6 nitrogen and oxygen atoms in total. The summed E-state index contributed by atoms with van der Waals surface area (Å²) < 4.78 is 7.57. The molecule has 0 bridgehead atoms. The van der Waals surface area contributed by atoms with Gasteiger partial charge in [-0.05, 0) is 60.2 Å². The number of carbonyl (C=O) groups excluding carboxylic acids is 1. The van der Waals surface area contributed by atoms with Gasteiger partial charge in [-0.25, -0.2) is 9.67 Å². The van der Waals surface area contributed by atoms with E-state index in [2.05, 4.69) is 21.5 Å². The molecule has 0 atom stereocenters. The number of halogens is 1. The molecule has 0 aliphatic carbocycles. The molecule has 0 radical (unpaired) electrons. The highest BCUT2D eigenvalue weighted by Crippen LogP contribution is 2.22. The quantitative estimate of drug-likeness (QED) is 0.402. The third-order valence-electron chi connectivity index (χ3n) is 4.61. The zero-order chi connectivity index (χ0) is 21.8. The monoisotopic (exact) mass is 452 g/mol. The number of anilines is 1. The van der Waals surface area contributed by atoms with Crippen molar-refractivity contribution in [1.82, 2.24) is 14.8 Å². The number of ether oxygens (including phenoxy) is 1. The third-order valence-corrected chi connectivity index (χ3v) is 5.82. The Hall–Kier alpha value is -3.16. The zero-order valence-electron chi connectivity index (χ0n) is 17.1. The summed E-state index contributed by atoms with van der Waals surface area (Å²) >= 11 is 7.38. The fourth-order valence-electron chi connectivity index (χ4n) is 3.01. The van der Waals surface area contributed by atoms with Gasteiger partial charge >= 0.3 is 0 Å². The molecule has 2 aromatic carbocycles. The lowest BCUT2D eigenvalue weighted by Gasteiger charge is -2.08. The molecule has 2 aromatic heterocycles. The molecule has 4 rings (SSSR count). The Kier molecular flexibility index (Phi) is 6.34. The molecule has 0 saturated heterocycles. The number of nitrogens with zero attached hydrogens (tertiary/aromatic N) is 3. The van der Waals surface area contributed by atoms with Crippen LogP contribution in [-0.4, -0.2) is 20.7 Å². The molecule has 1 amide bonds. The summed E-state index contributed by atoms with van der Waals surface area (Å²) in [5.41, 5.74) is 4.17. The smallest absolute Gasteiger partial charge is 0.268 e. The van der Waals surface area contributed by atoms with Crippen molar-refractivity contribution in [2.75, 3.05) is 5.32 Å². The first kappa shape index (κ1) is 21.1. The molecule has 0 saturated carbocycles. The molecule has 0 unspecified atom stereocenters. The normalized spacial score (nSPS) is 10.8. The van der Waals surface area contributed by atoms with Gasteiger partial charge in [0, 0.05) is 10.6 Å². The van der Waals surface area contributed by atoms with Crippen LogP contribution in [0.25, 0.3) is 0 Å². The molecule has 0 aliphatic heterocycles. The number of amides is 1. The second-order valence-electron chi connectivity index (χ2n) is 7.23. The molecule has 2 heterocycles. The van der Waals surface area contributed by atoms with E-state index in [-0.39, 0.29) is 11.9 Å². The number of aromatic nitrogens is 3. The summed E-state index contributed by atoms with van der Waals surface area (Å²) in [4.78, 5) is 17.3. The average molecular weight is 453 g/mol. The van der Waals surface area contributed by atoms with Gasteiger partial charge in [-0.1, -0.05) is 35.9 Å². The van der Waals surface area contributed by atoms with Crippen LogP contribution in [0.15, 0.2) is 60.2 Å². The molecule has 1 N–H and O–H groups in total. The topological polar surface area (TPSA) is 69.0 Å². The van der Waals surface area contributed by atoms with Gasteiger partial charge in [0.1, 0.15) is 18.7 Å². The molecule has 31 heavy (non-hydrogen) atoms. The molecule has 0 spiro atoms. The molecule has 0 aliphatic rings. The van der Waals surface area contributed by atoms with E-state index >= 15 is 0 Å². The first-order valence-corrected chi connectivity index (χ1v) is 10.9. The van der Waals surface area contributed by atoms with Crippen LogP contribution in [0, 0.1) is 13.8 Å². The van der Waals surface area contributed by atoms with Crippen LogP contribution in [0.1, 0.15) is 31.9 Å². The van der Waals surface area contributed by atoms with Gasteiger partial charge in [-0.2, -0.15) is 0 Å². The van der Waals surface area contributed by atoms with Crippen LogP contribution in [-0.2, 0) is 13.2 Å². The van der Waals surface area contributed by atoms with E-state index in [4.69, 9.17) is 16.3 Å². The number of rotatable bonds is 7. The maximum atomic E-state index is 12.6. The Morgan fingerprint density at radius 2 is 2.03 bits per heavy atom. The van der Waals surface area contributed by atoms with Crippen LogP contribution >= 0.6 is 22.9 Å². The summed E-state index contributed by atoms with van der Waals surface area (Å²) in [5.74, 6) is 0.865. The first-order valence-electron chi connectivity index (χ1n) is 9.69. The van der Waals surface area contributed by atoms with Crippen molar-refractivity contribution in [3.05, 3.63) is 92.4 Å². The van der Waals surface area contributed by atoms with Crippen LogP contribution < -0.4 is 10.1 Å². The SMILES string of the molecule is Cc1ccc(C)c(OCc2csc(C(=O)Nc3ncn(Cc4cccc(Cl)c4)n3)c2)c1. The Morgan fingerprint density at radius 3 is 2.87 bits per heavy atom. The van der Waals surface area contributed by atoms with Crippen LogP contribution in [0.4, 0.5) is 5.95 Å². The zero-order valence-corrected chi connectivity index (χ0v) is 18.7. The summed E-state index contributed by atoms with van der Waals surface area (Å²) in [6.45, 7) is 4.96. The number of benzene rings is 2. The summed E-state index contributed by atoms with van der Waals surface area (Å²) in [7, 11) is 0. The van der Waals surface area contributed by atoms with Gasteiger partial charge in [0.2, 0.25) is 5.95 Å².